The fourth-order valence-corrected chi connectivity index (χ4v) is 5.24. The number of ether oxygens (including phenoxy) is 1. The first-order chi connectivity index (χ1) is 16.1. The van der Waals surface area contributed by atoms with E-state index in [1.54, 1.807) is 0 Å². The first-order valence-corrected chi connectivity index (χ1v) is 13.1. The fourth-order valence-electron chi connectivity index (χ4n) is 4.73. The van der Waals surface area contributed by atoms with E-state index in [4.69, 9.17) is 4.74 Å². The topological polar surface area (TPSA) is 61.9 Å². The van der Waals surface area contributed by atoms with Crippen molar-refractivity contribution < 1.29 is 14.3 Å². The summed E-state index contributed by atoms with van der Waals surface area (Å²) < 4.78 is 6.67. The summed E-state index contributed by atoms with van der Waals surface area (Å²) in [4.78, 5) is 29.6. The number of anilines is 1. The van der Waals surface area contributed by atoms with Crippen LogP contribution in [0, 0.1) is 10.5 Å². The SMILES string of the molecule is Cc1ccc(NC(=O)c2ccc3c(c2)CCCC3N2CCN(C(=O)OC(C)(C)C)CC2)cc1I. The maximum Gasteiger partial charge on any atom is 0.410 e. The summed E-state index contributed by atoms with van der Waals surface area (Å²) in [6, 6.07) is 12.4. The van der Waals surface area contributed by atoms with Crippen LogP contribution >= 0.6 is 22.6 Å². The standard InChI is InChI=1S/C27H34IN3O3/c1-18-8-10-21(17-23(18)28)29-25(32)20-9-11-22-19(16-20)6-5-7-24(22)30-12-14-31(15-13-30)26(33)34-27(2,3)4/h8-11,16-17,24H,5-7,12-15H2,1-4H3,(H,29,32). The Morgan fingerprint density at radius 3 is 2.47 bits per heavy atom. The molecule has 2 amide bonds. The second-order valence-electron chi connectivity index (χ2n) is 10.2. The molecule has 6 nitrogen and oxygen atoms in total. The van der Waals surface area contributed by atoms with Crippen LogP contribution < -0.4 is 5.32 Å². The quantitative estimate of drug-likeness (QED) is 0.472. The van der Waals surface area contributed by atoms with Crippen LogP contribution in [0.4, 0.5) is 10.5 Å². The third-order valence-corrected chi connectivity index (χ3v) is 7.69. The summed E-state index contributed by atoms with van der Waals surface area (Å²) in [6.07, 6.45) is 2.97. The van der Waals surface area contributed by atoms with Gasteiger partial charge in [-0.25, -0.2) is 4.79 Å². The lowest BCUT2D eigenvalue weighted by Gasteiger charge is -2.41. The van der Waals surface area contributed by atoms with Crippen molar-refractivity contribution in [1.82, 2.24) is 9.80 Å². The van der Waals surface area contributed by atoms with E-state index < -0.39 is 5.60 Å². The minimum Gasteiger partial charge on any atom is -0.444 e. The minimum atomic E-state index is -0.474. The van der Waals surface area contributed by atoms with Crippen LogP contribution in [0.5, 0.6) is 0 Å². The van der Waals surface area contributed by atoms with E-state index in [0.717, 1.165) is 41.6 Å². The number of hydrogen-bond donors (Lipinski definition) is 1. The zero-order chi connectivity index (χ0) is 24.5. The number of halogens is 1. The van der Waals surface area contributed by atoms with Crippen LogP contribution in [-0.2, 0) is 11.2 Å². The summed E-state index contributed by atoms with van der Waals surface area (Å²) in [7, 11) is 0. The van der Waals surface area contributed by atoms with Crippen molar-refractivity contribution in [1.29, 1.82) is 0 Å². The second kappa shape index (κ2) is 10.2. The molecule has 1 atom stereocenters. The van der Waals surface area contributed by atoms with Crippen LogP contribution in [0.3, 0.4) is 0 Å². The van der Waals surface area contributed by atoms with E-state index in [1.165, 1.54) is 16.7 Å². The molecule has 0 bridgehead atoms. The van der Waals surface area contributed by atoms with Crippen LogP contribution in [0.1, 0.15) is 66.7 Å². The van der Waals surface area contributed by atoms with Crippen LogP contribution in [0.25, 0.3) is 0 Å². The van der Waals surface area contributed by atoms with Crippen LogP contribution in [0.2, 0.25) is 0 Å². The Morgan fingerprint density at radius 1 is 1.06 bits per heavy atom. The van der Waals surface area contributed by atoms with Crippen LogP contribution in [0.15, 0.2) is 36.4 Å². The second-order valence-corrected chi connectivity index (χ2v) is 11.4. The Kier molecular flexibility index (Phi) is 7.52. The maximum atomic E-state index is 12.9. The number of benzene rings is 2. The van der Waals surface area contributed by atoms with E-state index >= 15 is 0 Å². The number of carbonyl (C=O) groups excluding carboxylic acids is 2. The number of carbonyl (C=O) groups is 2. The minimum absolute atomic E-state index is 0.0736. The molecule has 2 aromatic rings. The van der Waals surface area contributed by atoms with Gasteiger partial charge in [-0.2, -0.15) is 0 Å². The normalized spacial score (nSPS) is 18.9. The summed E-state index contributed by atoms with van der Waals surface area (Å²) in [6.45, 7) is 10.8. The Hall–Kier alpha value is -2.13. The third kappa shape index (κ3) is 5.92. The first-order valence-electron chi connectivity index (χ1n) is 12.0. The molecule has 1 heterocycles. The number of nitrogens with zero attached hydrogens (tertiary/aromatic N) is 2. The van der Waals surface area contributed by atoms with E-state index in [-0.39, 0.29) is 12.0 Å². The molecule has 1 fully saturated rings. The molecule has 4 rings (SSSR count). The number of amides is 2. The number of piperazine rings is 1. The number of fused-ring (bicyclic) bond motifs is 1. The molecule has 0 radical (unpaired) electrons. The third-order valence-electron chi connectivity index (χ3n) is 6.52. The molecule has 1 saturated heterocycles. The molecule has 1 aliphatic carbocycles. The van der Waals surface area contributed by atoms with Crippen molar-refractivity contribution >= 4 is 40.3 Å². The lowest BCUT2D eigenvalue weighted by molar-refractivity contribution is 0.00927. The molecule has 0 aromatic heterocycles. The van der Waals surface area contributed by atoms with Gasteiger partial charge in [-0.1, -0.05) is 12.1 Å². The van der Waals surface area contributed by atoms with Gasteiger partial charge in [0.25, 0.3) is 5.91 Å². The molecule has 1 N–H and O–H groups in total. The number of hydrogen-bond acceptors (Lipinski definition) is 4. The highest BCUT2D eigenvalue weighted by Gasteiger charge is 2.31. The van der Waals surface area contributed by atoms with Gasteiger partial charge in [0.05, 0.1) is 0 Å². The molecular formula is C27H34IN3O3. The Bertz CT molecular complexity index is 1070. The maximum absolute atomic E-state index is 12.9. The Labute approximate surface area is 216 Å². The molecular weight excluding hydrogens is 541 g/mol. The molecule has 2 aliphatic rings. The summed E-state index contributed by atoms with van der Waals surface area (Å²) in [5.41, 5.74) is 4.82. The number of rotatable bonds is 3. The fraction of sp³-hybridized carbons (Fsp3) is 0.481. The summed E-state index contributed by atoms with van der Waals surface area (Å²) >= 11 is 2.29. The molecule has 2 aromatic carbocycles. The monoisotopic (exact) mass is 575 g/mol. The van der Waals surface area contributed by atoms with E-state index in [0.29, 0.717) is 24.7 Å². The number of nitrogens with one attached hydrogen (secondary N) is 1. The predicted molar refractivity (Wildman–Crippen MR) is 143 cm³/mol. The average Bonchev–Trinajstić information content (AvgIpc) is 2.79. The molecule has 7 heteroatoms. The molecule has 0 saturated carbocycles. The van der Waals surface area contributed by atoms with Gasteiger partial charge in [0.15, 0.2) is 0 Å². The van der Waals surface area contributed by atoms with Crippen molar-refractivity contribution in [2.45, 2.75) is 58.6 Å². The van der Waals surface area contributed by atoms with Crippen molar-refractivity contribution in [2.24, 2.45) is 0 Å². The molecule has 34 heavy (non-hydrogen) atoms. The van der Waals surface area contributed by atoms with E-state index in [9.17, 15) is 9.59 Å². The van der Waals surface area contributed by atoms with Crippen LogP contribution in [-0.4, -0.2) is 53.6 Å². The zero-order valence-electron chi connectivity index (χ0n) is 20.5. The van der Waals surface area contributed by atoms with Crippen molar-refractivity contribution in [3.05, 3.63) is 62.2 Å². The van der Waals surface area contributed by atoms with Gasteiger partial charge in [-0.15, -0.1) is 0 Å². The smallest absolute Gasteiger partial charge is 0.410 e. The summed E-state index contributed by atoms with van der Waals surface area (Å²) in [5.74, 6) is -0.0736. The van der Waals surface area contributed by atoms with Crippen molar-refractivity contribution in [2.75, 3.05) is 31.5 Å². The largest absolute Gasteiger partial charge is 0.444 e. The van der Waals surface area contributed by atoms with Gasteiger partial charge >= 0.3 is 6.09 Å². The lowest BCUT2D eigenvalue weighted by atomic mass is 9.85. The van der Waals surface area contributed by atoms with Gasteiger partial charge < -0.3 is 15.0 Å². The zero-order valence-corrected chi connectivity index (χ0v) is 22.6. The van der Waals surface area contributed by atoms with Gasteiger partial charge in [0.2, 0.25) is 0 Å². The van der Waals surface area contributed by atoms with Gasteiger partial charge in [-0.3, -0.25) is 9.69 Å². The molecule has 0 spiro atoms. The molecule has 1 aliphatic heterocycles. The predicted octanol–water partition coefficient (Wildman–Crippen LogP) is 5.78. The van der Waals surface area contributed by atoms with Gasteiger partial charge in [0, 0.05) is 47.0 Å². The highest BCUT2D eigenvalue weighted by molar-refractivity contribution is 14.1. The average molecular weight is 575 g/mol. The van der Waals surface area contributed by atoms with Gasteiger partial charge in [-0.05, 0) is 111 Å². The van der Waals surface area contributed by atoms with E-state index in [2.05, 4.69) is 51.9 Å². The van der Waals surface area contributed by atoms with Crippen molar-refractivity contribution in [3.8, 4) is 0 Å². The highest BCUT2D eigenvalue weighted by atomic mass is 127. The van der Waals surface area contributed by atoms with E-state index in [1.807, 2.05) is 49.9 Å². The number of aryl methyl sites for hydroxylation is 2. The summed E-state index contributed by atoms with van der Waals surface area (Å²) in [5, 5.41) is 3.04. The highest BCUT2D eigenvalue weighted by Crippen LogP contribution is 2.35. The lowest BCUT2D eigenvalue weighted by Crippen LogP contribution is -2.51. The Balaban J connectivity index is 1.41. The first kappa shape index (κ1) is 25.0. The van der Waals surface area contributed by atoms with Gasteiger partial charge in [0.1, 0.15) is 5.60 Å². The van der Waals surface area contributed by atoms with Crippen molar-refractivity contribution in [3.63, 3.8) is 0 Å². The Morgan fingerprint density at radius 2 is 1.79 bits per heavy atom. The molecule has 1 unspecified atom stereocenters. The molecule has 182 valence electrons.